The molecular formula is C2H4N2O2S. The normalized spacial score (nSPS) is 8.57. The molecule has 0 saturated heterocycles. The van der Waals surface area contributed by atoms with Gasteiger partial charge >= 0.3 is 0 Å². The Bertz CT molecular complexity index is 136. The molecule has 0 spiro atoms. The van der Waals surface area contributed by atoms with E-state index in [2.05, 4.69) is 0 Å². The van der Waals surface area contributed by atoms with Gasteiger partial charge in [-0.05, 0) is 0 Å². The Morgan fingerprint density at radius 2 is 2.29 bits per heavy atom. The Morgan fingerprint density at radius 3 is 2.43 bits per heavy atom. The number of thiol groups is 1. The molecule has 0 radical (unpaired) electrons. The monoisotopic (exact) mass is 120 g/mol. The largest absolute Gasteiger partial charge is 0.215 e. The zero-order valence-electron chi connectivity index (χ0n) is 3.42. The molecule has 0 atom stereocenters. The van der Waals surface area contributed by atoms with Crippen LogP contribution < -0.4 is 4.72 Å². The van der Waals surface area contributed by atoms with Crippen molar-refractivity contribution in [1.29, 1.82) is 5.26 Å². The molecule has 0 aromatic rings. The second kappa shape index (κ2) is 3.59. The average molecular weight is 120 g/mol. The molecule has 7 heavy (non-hydrogen) atoms. The molecule has 0 aromatic heterocycles. The SMILES string of the molecule is N#CCN[SH](=O)=O. The van der Waals surface area contributed by atoms with Crippen molar-refractivity contribution in [3.05, 3.63) is 0 Å². The highest BCUT2D eigenvalue weighted by molar-refractivity contribution is 7.70. The van der Waals surface area contributed by atoms with E-state index in [0.29, 0.717) is 0 Å². The van der Waals surface area contributed by atoms with Crippen LogP contribution in [-0.2, 0) is 10.9 Å². The molecule has 40 valence electrons. The zero-order valence-corrected chi connectivity index (χ0v) is 4.31. The maximum absolute atomic E-state index is 9.53. The summed E-state index contributed by atoms with van der Waals surface area (Å²) in [7, 11) is -2.58. The second-order valence-corrected chi connectivity index (χ2v) is 1.58. The molecule has 0 fully saturated rings. The van der Waals surface area contributed by atoms with Gasteiger partial charge in [-0.1, -0.05) is 0 Å². The van der Waals surface area contributed by atoms with Gasteiger partial charge in [-0.3, -0.25) is 0 Å². The summed E-state index contributed by atoms with van der Waals surface area (Å²) in [5.41, 5.74) is 0. The van der Waals surface area contributed by atoms with Crippen molar-refractivity contribution in [2.75, 3.05) is 6.54 Å². The fraction of sp³-hybridized carbons (Fsp3) is 0.500. The van der Waals surface area contributed by atoms with Crippen LogP contribution in [0.15, 0.2) is 0 Å². The maximum Gasteiger partial charge on any atom is 0.202 e. The first-order valence-corrected chi connectivity index (χ1v) is 2.70. The molecule has 0 aliphatic heterocycles. The Kier molecular flexibility index (Phi) is 3.28. The van der Waals surface area contributed by atoms with E-state index in [1.807, 2.05) is 4.72 Å². The molecule has 0 aliphatic carbocycles. The molecule has 0 saturated carbocycles. The van der Waals surface area contributed by atoms with Gasteiger partial charge in [-0.15, -0.1) is 0 Å². The number of nitrogens with zero attached hydrogens (tertiary/aromatic N) is 1. The number of hydrogen-bond acceptors (Lipinski definition) is 3. The quantitative estimate of drug-likeness (QED) is 0.349. The number of nitriles is 1. The molecule has 0 aromatic carbocycles. The molecule has 0 unspecified atom stereocenters. The molecule has 1 N–H and O–H groups in total. The van der Waals surface area contributed by atoms with Gasteiger partial charge in [0.15, 0.2) is 0 Å². The number of rotatable bonds is 2. The lowest BCUT2D eigenvalue weighted by Gasteiger charge is -1.76. The Morgan fingerprint density at radius 1 is 1.71 bits per heavy atom. The van der Waals surface area contributed by atoms with Crippen LogP contribution in [0.2, 0.25) is 0 Å². The highest BCUT2D eigenvalue weighted by Gasteiger charge is 1.76. The lowest BCUT2D eigenvalue weighted by atomic mass is 10.8. The topological polar surface area (TPSA) is 70.0 Å². The van der Waals surface area contributed by atoms with Gasteiger partial charge in [-0.2, -0.15) is 5.26 Å². The van der Waals surface area contributed by atoms with E-state index < -0.39 is 10.9 Å². The van der Waals surface area contributed by atoms with Gasteiger partial charge in [-0.25, -0.2) is 13.1 Å². The first-order chi connectivity index (χ1) is 3.27. The van der Waals surface area contributed by atoms with Crippen molar-refractivity contribution >= 4 is 10.9 Å². The van der Waals surface area contributed by atoms with E-state index in [4.69, 9.17) is 5.26 Å². The summed E-state index contributed by atoms with van der Waals surface area (Å²) in [6.45, 7) is -0.140. The third-order valence-corrected chi connectivity index (χ3v) is 0.704. The van der Waals surface area contributed by atoms with Crippen molar-refractivity contribution in [1.82, 2.24) is 4.72 Å². The lowest BCUT2D eigenvalue weighted by molar-refractivity contribution is 0.606. The van der Waals surface area contributed by atoms with Crippen LogP contribution in [0.5, 0.6) is 0 Å². The van der Waals surface area contributed by atoms with Crippen LogP contribution in [0.3, 0.4) is 0 Å². The summed E-state index contributed by atoms with van der Waals surface area (Å²) in [5, 5.41) is 7.74. The predicted molar refractivity (Wildman–Crippen MR) is 23.9 cm³/mol. The molecular weight excluding hydrogens is 116 g/mol. The van der Waals surface area contributed by atoms with Crippen molar-refractivity contribution in [3.8, 4) is 6.07 Å². The molecule has 5 heteroatoms. The summed E-state index contributed by atoms with van der Waals surface area (Å²) >= 11 is 0. The fourth-order valence-corrected chi connectivity index (χ4v) is 0.300. The van der Waals surface area contributed by atoms with Crippen molar-refractivity contribution in [2.45, 2.75) is 0 Å². The molecule has 0 bridgehead atoms. The van der Waals surface area contributed by atoms with Gasteiger partial charge in [0.1, 0.15) is 0 Å². The third-order valence-electron chi connectivity index (χ3n) is 0.287. The molecule has 0 aliphatic rings. The van der Waals surface area contributed by atoms with Gasteiger partial charge in [0.2, 0.25) is 10.9 Å². The van der Waals surface area contributed by atoms with Crippen LogP contribution in [0.25, 0.3) is 0 Å². The summed E-state index contributed by atoms with van der Waals surface area (Å²) in [4.78, 5) is 0. The van der Waals surface area contributed by atoms with Gasteiger partial charge in [0.25, 0.3) is 0 Å². The van der Waals surface area contributed by atoms with Crippen LogP contribution in [-0.4, -0.2) is 15.0 Å². The second-order valence-electron chi connectivity index (χ2n) is 0.750. The van der Waals surface area contributed by atoms with Crippen LogP contribution in [0.4, 0.5) is 0 Å². The van der Waals surface area contributed by atoms with Gasteiger partial charge in [0.05, 0.1) is 12.6 Å². The predicted octanol–water partition coefficient (Wildman–Crippen LogP) is -1.37. The summed E-state index contributed by atoms with van der Waals surface area (Å²) in [5.74, 6) is 0. The summed E-state index contributed by atoms with van der Waals surface area (Å²) in [6, 6.07) is 1.60. The smallest absolute Gasteiger partial charge is 0.202 e. The van der Waals surface area contributed by atoms with E-state index in [0.717, 1.165) is 0 Å². The molecule has 0 amide bonds. The number of nitrogens with one attached hydrogen (secondary N) is 1. The Balaban J connectivity index is 3.20. The molecule has 4 nitrogen and oxygen atoms in total. The highest BCUT2D eigenvalue weighted by atomic mass is 32.2. The number of hydrogen-bond donors (Lipinski definition) is 2. The van der Waals surface area contributed by atoms with Crippen LogP contribution in [0, 0.1) is 11.3 Å². The van der Waals surface area contributed by atoms with E-state index >= 15 is 0 Å². The van der Waals surface area contributed by atoms with E-state index in [-0.39, 0.29) is 6.54 Å². The lowest BCUT2D eigenvalue weighted by Crippen LogP contribution is -2.09. The molecule has 0 heterocycles. The minimum absolute atomic E-state index is 0.140. The van der Waals surface area contributed by atoms with Crippen molar-refractivity contribution in [2.24, 2.45) is 0 Å². The highest BCUT2D eigenvalue weighted by Crippen LogP contribution is 1.49. The minimum atomic E-state index is -2.58. The first-order valence-electron chi connectivity index (χ1n) is 1.52. The Hall–Kier alpha value is -0.600. The van der Waals surface area contributed by atoms with E-state index in [1.165, 1.54) is 0 Å². The average Bonchev–Trinajstić information content (AvgIpc) is 1.61. The molecule has 0 rings (SSSR count). The Labute approximate surface area is 42.8 Å². The maximum atomic E-state index is 9.53. The van der Waals surface area contributed by atoms with E-state index in [9.17, 15) is 8.42 Å². The fourth-order valence-electron chi connectivity index (χ4n) is 0.0999. The summed E-state index contributed by atoms with van der Waals surface area (Å²) < 4.78 is 21.0. The first kappa shape index (κ1) is 6.40. The van der Waals surface area contributed by atoms with E-state index in [1.54, 1.807) is 6.07 Å². The minimum Gasteiger partial charge on any atom is -0.215 e. The summed E-state index contributed by atoms with van der Waals surface area (Å²) in [6.07, 6.45) is 0. The van der Waals surface area contributed by atoms with Crippen molar-refractivity contribution in [3.63, 3.8) is 0 Å². The standard InChI is InChI=1S/C2H4N2O2S/c3-1-2-4-7(5)6/h7H,2H2,(H,4,5,6). The zero-order chi connectivity index (χ0) is 5.70. The van der Waals surface area contributed by atoms with Crippen LogP contribution in [0.1, 0.15) is 0 Å². The van der Waals surface area contributed by atoms with Gasteiger partial charge < -0.3 is 0 Å². The van der Waals surface area contributed by atoms with Gasteiger partial charge in [0, 0.05) is 0 Å². The van der Waals surface area contributed by atoms with Crippen molar-refractivity contribution < 1.29 is 8.42 Å². The third kappa shape index (κ3) is 5.40. The van der Waals surface area contributed by atoms with Crippen LogP contribution >= 0.6 is 0 Å².